The van der Waals surface area contributed by atoms with Crippen molar-refractivity contribution >= 4 is 29.1 Å². The molecular formula is C22H18ClFN2O2. The summed E-state index contributed by atoms with van der Waals surface area (Å²) in [5, 5.41) is 5.31. The minimum Gasteiger partial charge on any atom is -0.345 e. The molecule has 0 fully saturated rings. The lowest BCUT2D eigenvalue weighted by Gasteiger charge is -2.19. The molecule has 0 saturated carbocycles. The van der Waals surface area contributed by atoms with E-state index in [-0.39, 0.29) is 23.0 Å². The van der Waals surface area contributed by atoms with Gasteiger partial charge >= 0.3 is 0 Å². The van der Waals surface area contributed by atoms with Crippen LogP contribution in [0.1, 0.15) is 28.4 Å². The van der Waals surface area contributed by atoms with E-state index < -0.39 is 17.8 Å². The second-order valence-electron chi connectivity index (χ2n) is 6.16. The second kappa shape index (κ2) is 9.15. The van der Waals surface area contributed by atoms with Gasteiger partial charge in [-0.3, -0.25) is 9.59 Å². The summed E-state index contributed by atoms with van der Waals surface area (Å²) in [4.78, 5) is 25.1. The zero-order valence-corrected chi connectivity index (χ0v) is 15.6. The number of carbonyl (C=O) groups excluding carboxylic acids is 2. The van der Waals surface area contributed by atoms with E-state index in [2.05, 4.69) is 10.6 Å². The molecule has 1 unspecified atom stereocenters. The molecular weight excluding hydrogens is 379 g/mol. The van der Waals surface area contributed by atoms with Crippen LogP contribution < -0.4 is 10.6 Å². The number of amides is 2. The maximum absolute atomic E-state index is 14.0. The SMILES string of the molecule is O=C(CC(NC(=O)c1ccccc1)c1ccccc1)Nc1cccc(Cl)c1F. The van der Waals surface area contributed by atoms with Crippen LogP contribution in [0.5, 0.6) is 0 Å². The van der Waals surface area contributed by atoms with Crippen LogP contribution in [0.3, 0.4) is 0 Å². The molecule has 0 aliphatic heterocycles. The van der Waals surface area contributed by atoms with Crippen LogP contribution in [0.15, 0.2) is 78.9 Å². The molecule has 28 heavy (non-hydrogen) atoms. The molecule has 0 aromatic heterocycles. The molecule has 2 N–H and O–H groups in total. The van der Waals surface area contributed by atoms with Gasteiger partial charge in [-0.25, -0.2) is 4.39 Å². The summed E-state index contributed by atoms with van der Waals surface area (Å²) in [5.41, 5.74) is 1.26. The summed E-state index contributed by atoms with van der Waals surface area (Å²) in [6.07, 6.45) is -0.0610. The highest BCUT2D eigenvalue weighted by Crippen LogP contribution is 2.23. The highest BCUT2D eigenvalue weighted by Gasteiger charge is 2.20. The van der Waals surface area contributed by atoms with Crippen LogP contribution in [-0.4, -0.2) is 11.8 Å². The van der Waals surface area contributed by atoms with Gasteiger partial charge < -0.3 is 10.6 Å². The predicted octanol–water partition coefficient (Wildman–Crippen LogP) is 4.98. The lowest BCUT2D eigenvalue weighted by molar-refractivity contribution is -0.116. The molecule has 4 nitrogen and oxygen atoms in total. The molecule has 0 aliphatic carbocycles. The zero-order chi connectivity index (χ0) is 19.9. The van der Waals surface area contributed by atoms with Crippen molar-refractivity contribution in [2.24, 2.45) is 0 Å². The van der Waals surface area contributed by atoms with Crippen molar-refractivity contribution < 1.29 is 14.0 Å². The number of nitrogens with one attached hydrogen (secondary N) is 2. The second-order valence-corrected chi connectivity index (χ2v) is 6.56. The first-order chi connectivity index (χ1) is 13.5. The number of hydrogen-bond acceptors (Lipinski definition) is 2. The van der Waals surface area contributed by atoms with Gasteiger partial charge in [-0.05, 0) is 29.8 Å². The fourth-order valence-corrected chi connectivity index (χ4v) is 2.93. The Kier molecular flexibility index (Phi) is 6.40. The molecule has 0 heterocycles. The lowest BCUT2D eigenvalue weighted by atomic mass is 10.0. The molecule has 142 valence electrons. The fourth-order valence-electron chi connectivity index (χ4n) is 2.76. The molecule has 2 amide bonds. The van der Waals surface area contributed by atoms with E-state index in [4.69, 9.17) is 11.6 Å². The van der Waals surface area contributed by atoms with Gasteiger partial charge in [0.2, 0.25) is 5.91 Å². The van der Waals surface area contributed by atoms with Crippen LogP contribution >= 0.6 is 11.6 Å². The van der Waals surface area contributed by atoms with E-state index in [0.717, 1.165) is 5.56 Å². The molecule has 1 atom stereocenters. The molecule has 3 rings (SSSR count). The molecule has 6 heteroatoms. The zero-order valence-electron chi connectivity index (χ0n) is 14.9. The summed E-state index contributed by atoms with van der Waals surface area (Å²) in [6.45, 7) is 0. The van der Waals surface area contributed by atoms with Gasteiger partial charge in [-0.15, -0.1) is 0 Å². The third-order valence-electron chi connectivity index (χ3n) is 4.16. The van der Waals surface area contributed by atoms with E-state index in [1.165, 1.54) is 12.1 Å². The number of anilines is 1. The van der Waals surface area contributed by atoms with Gasteiger partial charge in [0, 0.05) is 5.56 Å². The Labute approximate surface area is 167 Å². The Balaban J connectivity index is 1.76. The van der Waals surface area contributed by atoms with E-state index in [1.54, 1.807) is 30.3 Å². The normalized spacial score (nSPS) is 11.5. The van der Waals surface area contributed by atoms with Crippen molar-refractivity contribution in [3.05, 3.63) is 101 Å². The van der Waals surface area contributed by atoms with E-state index in [0.29, 0.717) is 5.56 Å². The number of benzene rings is 3. The van der Waals surface area contributed by atoms with Crippen molar-refractivity contribution in [2.45, 2.75) is 12.5 Å². The van der Waals surface area contributed by atoms with E-state index >= 15 is 0 Å². The first-order valence-corrected chi connectivity index (χ1v) is 9.07. The average molecular weight is 397 g/mol. The van der Waals surface area contributed by atoms with Crippen LogP contribution in [0.25, 0.3) is 0 Å². The minimum absolute atomic E-state index is 0.00121. The van der Waals surface area contributed by atoms with E-state index in [9.17, 15) is 14.0 Å². The Morgan fingerprint density at radius 1 is 0.893 bits per heavy atom. The van der Waals surface area contributed by atoms with Crippen molar-refractivity contribution in [2.75, 3.05) is 5.32 Å². The van der Waals surface area contributed by atoms with Crippen LogP contribution in [0, 0.1) is 5.82 Å². The number of rotatable bonds is 6. The largest absolute Gasteiger partial charge is 0.345 e. The minimum atomic E-state index is -0.693. The first-order valence-electron chi connectivity index (χ1n) is 8.69. The van der Waals surface area contributed by atoms with Crippen molar-refractivity contribution in [1.82, 2.24) is 5.32 Å². The van der Waals surface area contributed by atoms with Crippen molar-refractivity contribution in [3.63, 3.8) is 0 Å². The van der Waals surface area contributed by atoms with Gasteiger partial charge in [0.25, 0.3) is 5.91 Å². The predicted molar refractivity (Wildman–Crippen MR) is 108 cm³/mol. The molecule has 3 aromatic carbocycles. The summed E-state index contributed by atoms with van der Waals surface area (Å²) in [5.74, 6) is -1.43. The fraction of sp³-hybridized carbons (Fsp3) is 0.0909. The lowest BCUT2D eigenvalue weighted by Crippen LogP contribution is -2.31. The first kappa shape index (κ1) is 19.6. The van der Waals surface area contributed by atoms with Gasteiger partial charge in [-0.2, -0.15) is 0 Å². The highest BCUT2D eigenvalue weighted by atomic mass is 35.5. The molecule has 0 spiro atoms. The average Bonchev–Trinajstić information content (AvgIpc) is 2.72. The Bertz CT molecular complexity index is 965. The topological polar surface area (TPSA) is 58.2 Å². The third-order valence-corrected chi connectivity index (χ3v) is 4.45. The quantitative estimate of drug-likeness (QED) is 0.617. The summed E-state index contributed by atoms with van der Waals surface area (Å²) in [7, 11) is 0. The summed E-state index contributed by atoms with van der Waals surface area (Å²) >= 11 is 5.75. The molecule has 0 bridgehead atoms. The smallest absolute Gasteiger partial charge is 0.251 e. The maximum atomic E-state index is 14.0. The highest BCUT2D eigenvalue weighted by molar-refractivity contribution is 6.31. The van der Waals surface area contributed by atoms with Gasteiger partial charge in [0.1, 0.15) is 0 Å². The van der Waals surface area contributed by atoms with Crippen LogP contribution in [0.2, 0.25) is 5.02 Å². The summed E-state index contributed by atoms with van der Waals surface area (Å²) < 4.78 is 14.0. The van der Waals surface area contributed by atoms with Crippen LogP contribution in [0.4, 0.5) is 10.1 Å². The molecule has 0 aliphatic rings. The van der Waals surface area contributed by atoms with Gasteiger partial charge in [0.05, 0.1) is 23.2 Å². The maximum Gasteiger partial charge on any atom is 0.251 e. The number of carbonyl (C=O) groups is 2. The third kappa shape index (κ3) is 4.96. The summed E-state index contributed by atoms with van der Waals surface area (Å²) in [6, 6.07) is 21.7. The number of hydrogen-bond donors (Lipinski definition) is 2. The van der Waals surface area contributed by atoms with Gasteiger partial charge in [0.15, 0.2) is 5.82 Å². The Morgan fingerprint density at radius 2 is 1.54 bits per heavy atom. The van der Waals surface area contributed by atoms with E-state index in [1.807, 2.05) is 36.4 Å². The Morgan fingerprint density at radius 3 is 2.21 bits per heavy atom. The monoisotopic (exact) mass is 396 g/mol. The number of halogens is 2. The molecule has 0 saturated heterocycles. The standard InChI is InChI=1S/C22H18ClFN2O2/c23-17-12-7-13-18(21(17)24)25-20(27)14-19(15-8-3-1-4-9-15)26-22(28)16-10-5-2-6-11-16/h1-13,19H,14H2,(H,25,27)(H,26,28). The van der Waals surface area contributed by atoms with Crippen LogP contribution in [-0.2, 0) is 4.79 Å². The molecule has 3 aromatic rings. The van der Waals surface area contributed by atoms with Crippen molar-refractivity contribution in [1.29, 1.82) is 0 Å². The Hall–Kier alpha value is -3.18. The van der Waals surface area contributed by atoms with Crippen molar-refractivity contribution in [3.8, 4) is 0 Å². The van der Waals surface area contributed by atoms with Gasteiger partial charge in [-0.1, -0.05) is 66.2 Å². The molecule has 0 radical (unpaired) electrons.